The molecule has 1 aromatic carbocycles. The molecule has 0 saturated carbocycles. The van der Waals surface area contributed by atoms with Crippen LogP contribution in [0.5, 0.6) is 0 Å². The van der Waals surface area contributed by atoms with E-state index < -0.39 is 17.5 Å². The highest BCUT2D eigenvalue weighted by molar-refractivity contribution is 6.30. The lowest BCUT2D eigenvalue weighted by atomic mass is 10.2. The van der Waals surface area contributed by atoms with Gasteiger partial charge in [-0.1, -0.05) is 11.6 Å². The summed E-state index contributed by atoms with van der Waals surface area (Å²) in [5, 5.41) is 2.10. The second-order valence-corrected chi connectivity index (χ2v) is 4.18. The van der Waals surface area contributed by atoms with E-state index in [9.17, 15) is 13.6 Å². The minimum atomic E-state index is -0.852. The molecular formula is C11H13ClF2N2O. The summed E-state index contributed by atoms with van der Waals surface area (Å²) in [5.74, 6) is -2.36. The Morgan fingerprint density at radius 3 is 2.71 bits per heavy atom. The number of carbonyl (C=O) groups excluding carboxylic acids is 1. The molecule has 1 rings (SSSR count). The van der Waals surface area contributed by atoms with Crippen LogP contribution < -0.4 is 11.1 Å². The number of nitrogens with one attached hydrogen (secondary N) is 1. The number of halogens is 3. The number of carbonyl (C=O) groups is 1. The van der Waals surface area contributed by atoms with Crippen LogP contribution in [0.1, 0.15) is 23.7 Å². The zero-order valence-corrected chi connectivity index (χ0v) is 10.0. The highest BCUT2D eigenvalue weighted by Gasteiger charge is 2.15. The molecule has 0 bridgehead atoms. The SMILES string of the molecule is CC(N)CCNC(=O)c1cc(F)c(Cl)cc1F. The molecule has 6 heteroatoms. The van der Waals surface area contributed by atoms with Crippen molar-refractivity contribution in [1.82, 2.24) is 5.32 Å². The molecule has 1 aromatic rings. The van der Waals surface area contributed by atoms with Gasteiger partial charge in [0.05, 0.1) is 10.6 Å². The van der Waals surface area contributed by atoms with Crippen molar-refractivity contribution in [3.63, 3.8) is 0 Å². The van der Waals surface area contributed by atoms with Crippen LogP contribution in [0.25, 0.3) is 0 Å². The average molecular weight is 263 g/mol. The number of rotatable bonds is 4. The second-order valence-electron chi connectivity index (χ2n) is 3.77. The Morgan fingerprint density at radius 1 is 1.47 bits per heavy atom. The van der Waals surface area contributed by atoms with Crippen LogP contribution in [0.2, 0.25) is 5.02 Å². The molecule has 3 N–H and O–H groups in total. The third-order valence-electron chi connectivity index (χ3n) is 2.14. The number of benzene rings is 1. The first-order chi connectivity index (χ1) is 7.91. The first-order valence-corrected chi connectivity index (χ1v) is 5.48. The van der Waals surface area contributed by atoms with Gasteiger partial charge in [0.25, 0.3) is 5.91 Å². The standard InChI is InChI=1S/C11H13ClF2N2O/c1-6(15)2-3-16-11(17)7-4-10(14)8(12)5-9(7)13/h4-6H,2-3,15H2,1H3,(H,16,17). The van der Waals surface area contributed by atoms with Gasteiger partial charge in [0.15, 0.2) is 0 Å². The largest absolute Gasteiger partial charge is 0.352 e. The molecule has 1 amide bonds. The highest BCUT2D eigenvalue weighted by atomic mass is 35.5. The number of amides is 1. The van der Waals surface area contributed by atoms with Gasteiger partial charge in [0.1, 0.15) is 11.6 Å². The van der Waals surface area contributed by atoms with Crippen LogP contribution in [0, 0.1) is 11.6 Å². The van der Waals surface area contributed by atoms with E-state index in [1.54, 1.807) is 6.92 Å². The molecule has 17 heavy (non-hydrogen) atoms. The van der Waals surface area contributed by atoms with Gasteiger partial charge >= 0.3 is 0 Å². The lowest BCUT2D eigenvalue weighted by molar-refractivity contribution is 0.0948. The number of hydrogen-bond acceptors (Lipinski definition) is 2. The molecule has 0 aliphatic heterocycles. The maximum absolute atomic E-state index is 13.3. The monoisotopic (exact) mass is 262 g/mol. The maximum Gasteiger partial charge on any atom is 0.254 e. The molecule has 0 radical (unpaired) electrons. The first kappa shape index (κ1) is 13.9. The van der Waals surface area contributed by atoms with Crippen LogP contribution in [0.15, 0.2) is 12.1 Å². The number of hydrogen-bond donors (Lipinski definition) is 2. The summed E-state index contributed by atoms with van der Waals surface area (Å²) in [6.07, 6.45) is 0.559. The van der Waals surface area contributed by atoms with Gasteiger partial charge in [-0.2, -0.15) is 0 Å². The topological polar surface area (TPSA) is 55.1 Å². The predicted molar refractivity (Wildman–Crippen MR) is 62.0 cm³/mol. The highest BCUT2D eigenvalue weighted by Crippen LogP contribution is 2.19. The van der Waals surface area contributed by atoms with Gasteiger partial charge in [-0.25, -0.2) is 8.78 Å². The lowest BCUT2D eigenvalue weighted by Crippen LogP contribution is -2.29. The summed E-state index contributed by atoms with van der Waals surface area (Å²) >= 11 is 5.37. The van der Waals surface area contributed by atoms with Crippen molar-refractivity contribution in [1.29, 1.82) is 0 Å². The molecule has 0 fully saturated rings. The molecule has 1 unspecified atom stereocenters. The van der Waals surface area contributed by atoms with E-state index in [0.717, 1.165) is 12.1 Å². The van der Waals surface area contributed by atoms with Crippen molar-refractivity contribution >= 4 is 17.5 Å². The summed E-state index contributed by atoms with van der Waals surface area (Å²) in [5.41, 5.74) is 5.12. The fourth-order valence-electron chi connectivity index (χ4n) is 1.21. The van der Waals surface area contributed by atoms with E-state index in [-0.39, 0.29) is 16.6 Å². The molecular weight excluding hydrogens is 250 g/mol. The summed E-state index contributed by atoms with van der Waals surface area (Å²) in [6.45, 7) is 2.09. The molecule has 0 saturated heterocycles. The maximum atomic E-state index is 13.3. The van der Waals surface area contributed by atoms with Crippen LogP contribution >= 0.6 is 11.6 Å². The Kier molecular flexibility index (Phi) is 4.84. The van der Waals surface area contributed by atoms with E-state index in [4.69, 9.17) is 17.3 Å². The van der Waals surface area contributed by atoms with E-state index in [1.807, 2.05) is 0 Å². The van der Waals surface area contributed by atoms with Crippen molar-refractivity contribution in [2.45, 2.75) is 19.4 Å². The Balaban J connectivity index is 2.72. The van der Waals surface area contributed by atoms with Gasteiger partial charge in [-0.15, -0.1) is 0 Å². The number of nitrogens with two attached hydrogens (primary N) is 1. The second kappa shape index (κ2) is 5.93. The van der Waals surface area contributed by atoms with Crippen LogP contribution in [0.4, 0.5) is 8.78 Å². The summed E-state index contributed by atoms with van der Waals surface area (Å²) in [4.78, 5) is 11.5. The zero-order valence-electron chi connectivity index (χ0n) is 9.27. The Labute approximate surface area is 103 Å². The van der Waals surface area contributed by atoms with Crippen molar-refractivity contribution in [2.24, 2.45) is 5.73 Å². The van der Waals surface area contributed by atoms with Crippen molar-refractivity contribution < 1.29 is 13.6 Å². The van der Waals surface area contributed by atoms with E-state index in [0.29, 0.717) is 13.0 Å². The van der Waals surface area contributed by atoms with Gasteiger partial charge in [0, 0.05) is 12.6 Å². The average Bonchev–Trinajstić information content (AvgIpc) is 2.22. The van der Waals surface area contributed by atoms with Crippen molar-refractivity contribution in [3.05, 3.63) is 34.4 Å². The molecule has 1 atom stereocenters. The van der Waals surface area contributed by atoms with Crippen LogP contribution in [-0.4, -0.2) is 18.5 Å². The quantitative estimate of drug-likeness (QED) is 0.817. The van der Waals surface area contributed by atoms with E-state index in [2.05, 4.69) is 5.32 Å². The van der Waals surface area contributed by atoms with Crippen LogP contribution in [0.3, 0.4) is 0 Å². The molecule has 0 spiro atoms. The Bertz CT molecular complexity index is 424. The Morgan fingerprint density at radius 2 is 2.12 bits per heavy atom. The molecule has 0 heterocycles. The van der Waals surface area contributed by atoms with Crippen LogP contribution in [-0.2, 0) is 0 Å². The molecule has 0 aliphatic carbocycles. The first-order valence-electron chi connectivity index (χ1n) is 5.10. The molecule has 3 nitrogen and oxygen atoms in total. The Hall–Kier alpha value is -1.20. The van der Waals surface area contributed by atoms with Crippen molar-refractivity contribution in [2.75, 3.05) is 6.54 Å². The third-order valence-corrected chi connectivity index (χ3v) is 2.43. The van der Waals surface area contributed by atoms with Gasteiger partial charge in [-0.05, 0) is 25.5 Å². The van der Waals surface area contributed by atoms with Crippen molar-refractivity contribution in [3.8, 4) is 0 Å². The minimum absolute atomic E-state index is 0.0675. The minimum Gasteiger partial charge on any atom is -0.352 e. The summed E-state index contributed by atoms with van der Waals surface area (Å²) in [6, 6.07) is 1.48. The third kappa shape index (κ3) is 3.94. The molecule has 94 valence electrons. The van der Waals surface area contributed by atoms with Gasteiger partial charge in [-0.3, -0.25) is 4.79 Å². The normalized spacial score (nSPS) is 12.3. The predicted octanol–water partition coefficient (Wildman–Crippen LogP) is 2.09. The lowest BCUT2D eigenvalue weighted by Gasteiger charge is -2.08. The van der Waals surface area contributed by atoms with E-state index >= 15 is 0 Å². The summed E-state index contributed by atoms with van der Waals surface area (Å²) in [7, 11) is 0. The molecule has 0 aliphatic rings. The molecule has 0 aromatic heterocycles. The summed E-state index contributed by atoms with van der Waals surface area (Å²) < 4.78 is 26.4. The fraction of sp³-hybridized carbons (Fsp3) is 0.364. The van der Waals surface area contributed by atoms with Gasteiger partial charge < -0.3 is 11.1 Å². The fourth-order valence-corrected chi connectivity index (χ4v) is 1.36. The van der Waals surface area contributed by atoms with Gasteiger partial charge in [0.2, 0.25) is 0 Å². The zero-order chi connectivity index (χ0) is 13.0. The smallest absolute Gasteiger partial charge is 0.254 e. The van der Waals surface area contributed by atoms with E-state index in [1.165, 1.54) is 0 Å².